The minimum absolute atomic E-state index is 0.245. The van der Waals surface area contributed by atoms with E-state index in [1.165, 1.54) is 6.42 Å². The second-order valence-corrected chi connectivity index (χ2v) is 5.42. The van der Waals surface area contributed by atoms with Crippen LogP contribution in [0.4, 0.5) is 0 Å². The van der Waals surface area contributed by atoms with Crippen molar-refractivity contribution in [3.8, 4) is 0 Å². The molecular formula is C13H19N3O2. The van der Waals surface area contributed by atoms with Crippen LogP contribution in [0.5, 0.6) is 0 Å². The van der Waals surface area contributed by atoms with E-state index in [2.05, 4.69) is 10.5 Å². The Bertz CT molecular complexity index is 449. The third-order valence-corrected chi connectivity index (χ3v) is 4.08. The summed E-state index contributed by atoms with van der Waals surface area (Å²) in [7, 11) is 0. The van der Waals surface area contributed by atoms with E-state index in [0.29, 0.717) is 25.0 Å². The molecule has 0 radical (unpaired) electrons. The molecular weight excluding hydrogens is 230 g/mol. The van der Waals surface area contributed by atoms with Crippen molar-refractivity contribution in [3.63, 3.8) is 0 Å². The Morgan fingerprint density at radius 3 is 2.89 bits per heavy atom. The Labute approximate surface area is 107 Å². The van der Waals surface area contributed by atoms with Gasteiger partial charge in [0.1, 0.15) is 5.76 Å². The molecule has 5 nitrogen and oxygen atoms in total. The number of nitrogens with one attached hydrogen (secondary N) is 1. The van der Waals surface area contributed by atoms with Gasteiger partial charge in [0, 0.05) is 30.6 Å². The molecule has 2 fully saturated rings. The summed E-state index contributed by atoms with van der Waals surface area (Å²) in [6, 6.07) is 0.846. The van der Waals surface area contributed by atoms with Crippen LogP contribution in [0.15, 0.2) is 4.52 Å². The first-order valence-corrected chi connectivity index (χ1v) is 6.59. The molecule has 2 aliphatic rings. The Morgan fingerprint density at radius 2 is 2.17 bits per heavy atom. The molecule has 2 bridgehead atoms. The zero-order valence-electron chi connectivity index (χ0n) is 10.9. The van der Waals surface area contributed by atoms with Crippen molar-refractivity contribution in [3.05, 3.63) is 17.0 Å². The maximum Gasteiger partial charge on any atom is 0.224 e. The minimum Gasteiger partial charge on any atom is -0.361 e. The van der Waals surface area contributed by atoms with Crippen molar-refractivity contribution in [1.29, 1.82) is 0 Å². The van der Waals surface area contributed by atoms with Gasteiger partial charge < -0.3 is 14.7 Å². The molecule has 0 aliphatic carbocycles. The van der Waals surface area contributed by atoms with Gasteiger partial charge in [0.05, 0.1) is 12.2 Å². The number of likely N-dealkylation sites (tertiary alicyclic amines) is 1. The van der Waals surface area contributed by atoms with Crippen molar-refractivity contribution in [1.82, 2.24) is 15.4 Å². The van der Waals surface area contributed by atoms with Crippen molar-refractivity contribution in [2.24, 2.45) is 0 Å². The van der Waals surface area contributed by atoms with E-state index >= 15 is 0 Å². The fourth-order valence-electron chi connectivity index (χ4n) is 2.99. The van der Waals surface area contributed by atoms with Crippen LogP contribution in [0.3, 0.4) is 0 Å². The van der Waals surface area contributed by atoms with Crippen LogP contribution in [-0.2, 0) is 11.3 Å². The van der Waals surface area contributed by atoms with Crippen molar-refractivity contribution in [2.75, 3.05) is 6.54 Å². The molecule has 0 spiro atoms. The summed E-state index contributed by atoms with van der Waals surface area (Å²) in [6.07, 6.45) is 2.94. The molecule has 0 saturated carbocycles. The van der Waals surface area contributed by atoms with Crippen LogP contribution in [0.1, 0.15) is 36.3 Å². The molecule has 5 heteroatoms. The topological polar surface area (TPSA) is 58.4 Å². The van der Waals surface area contributed by atoms with Crippen LogP contribution in [0.2, 0.25) is 0 Å². The molecule has 3 heterocycles. The summed E-state index contributed by atoms with van der Waals surface area (Å²) in [5.41, 5.74) is 1.95. The standard InChI is InChI=1S/C13H19N3O2/c1-8-12(9(2)18-15-8)7-16-6-11-4-3-10(14-11)5-13(16)17/h10-11,14H,3-7H2,1-2H3/t10-,11+/m1/s1. The first-order chi connectivity index (χ1) is 8.63. The highest BCUT2D eigenvalue weighted by Gasteiger charge is 2.33. The van der Waals surface area contributed by atoms with Gasteiger partial charge in [-0.15, -0.1) is 0 Å². The van der Waals surface area contributed by atoms with E-state index < -0.39 is 0 Å². The van der Waals surface area contributed by atoms with Crippen LogP contribution < -0.4 is 5.32 Å². The van der Waals surface area contributed by atoms with Gasteiger partial charge in [-0.3, -0.25) is 4.79 Å². The molecule has 0 unspecified atom stereocenters. The van der Waals surface area contributed by atoms with Gasteiger partial charge in [0.2, 0.25) is 5.91 Å². The lowest BCUT2D eigenvalue weighted by atomic mass is 10.1. The molecule has 1 amide bonds. The van der Waals surface area contributed by atoms with Crippen molar-refractivity contribution < 1.29 is 9.32 Å². The number of hydrogen-bond donors (Lipinski definition) is 1. The molecule has 2 atom stereocenters. The molecule has 1 aromatic heterocycles. The van der Waals surface area contributed by atoms with Gasteiger partial charge in [0.25, 0.3) is 0 Å². The Balaban J connectivity index is 1.77. The molecule has 1 aromatic rings. The number of carbonyl (C=O) groups is 1. The fraction of sp³-hybridized carbons (Fsp3) is 0.692. The average Bonchev–Trinajstić information content (AvgIpc) is 2.83. The highest BCUT2D eigenvalue weighted by Crippen LogP contribution is 2.23. The lowest BCUT2D eigenvalue weighted by molar-refractivity contribution is -0.131. The number of aryl methyl sites for hydroxylation is 2. The second-order valence-electron chi connectivity index (χ2n) is 5.42. The number of aromatic nitrogens is 1. The smallest absolute Gasteiger partial charge is 0.224 e. The van der Waals surface area contributed by atoms with Crippen LogP contribution in [0, 0.1) is 13.8 Å². The van der Waals surface area contributed by atoms with E-state index in [1.54, 1.807) is 0 Å². The molecule has 1 N–H and O–H groups in total. The predicted molar refractivity (Wildman–Crippen MR) is 66.0 cm³/mol. The van der Waals surface area contributed by atoms with Gasteiger partial charge >= 0.3 is 0 Å². The summed E-state index contributed by atoms with van der Waals surface area (Å²) >= 11 is 0. The van der Waals surface area contributed by atoms with Crippen molar-refractivity contribution in [2.45, 2.75) is 51.7 Å². The van der Waals surface area contributed by atoms with Gasteiger partial charge in [-0.25, -0.2) is 0 Å². The summed E-state index contributed by atoms with van der Waals surface area (Å²) in [4.78, 5) is 14.1. The normalized spacial score (nSPS) is 27.7. The SMILES string of the molecule is Cc1noc(C)c1CN1C[C@@H]2CC[C@H](CC1=O)N2. The number of carbonyl (C=O) groups excluding carboxylic acids is 1. The fourth-order valence-corrected chi connectivity index (χ4v) is 2.99. The third kappa shape index (κ3) is 2.03. The quantitative estimate of drug-likeness (QED) is 0.854. The van der Waals surface area contributed by atoms with E-state index in [0.717, 1.165) is 30.0 Å². The first kappa shape index (κ1) is 11.7. The summed E-state index contributed by atoms with van der Waals surface area (Å²) in [5.74, 6) is 1.07. The summed E-state index contributed by atoms with van der Waals surface area (Å²) < 4.78 is 5.16. The summed E-state index contributed by atoms with van der Waals surface area (Å²) in [6.45, 7) is 5.27. The number of amides is 1. The van der Waals surface area contributed by atoms with E-state index in [9.17, 15) is 4.79 Å². The number of nitrogens with zero attached hydrogens (tertiary/aromatic N) is 2. The van der Waals surface area contributed by atoms with E-state index in [1.807, 2.05) is 18.7 Å². The first-order valence-electron chi connectivity index (χ1n) is 6.59. The van der Waals surface area contributed by atoms with Crippen LogP contribution >= 0.6 is 0 Å². The predicted octanol–water partition coefficient (Wildman–Crippen LogP) is 1.14. The molecule has 2 aliphatic heterocycles. The number of rotatable bonds is 2. The number of fused-ring (bicyclic) bond motifs is 2. The molecule has 2 saturated heterocycles. The van der Waals surface area contributed by atoms with Gasteiger partial charge in [-0.05, 0) is 26.7 Å². The zero-order chi connectivity index (χ0) is 12.7. The molecule has 98 valence electrons. The van der Waals surface area contributed by atoms with Crippen LogP contribution in [-0.4, -0.2) is 34.6 Å². The molecule has 0 aromatic carbocycles. The Morgan fingerprint density at radius 1 is 1.39 bits per heavy atom. The van der Waals surface area contributed by atoms with Gasteiger partial charge in [-0.2, -0.15) is 0 Å². The Kier molecular flexibility index (Phi) is 2.86. The maximum atomic E-state index is 12.2. The van der Waals surface area contributed by atoms with Crippen molar-refractivity contribution >= 4 is 5.91 Å². The largest absolute Gasteiger partial charge is 0.361 e. The van der Waals surface area contributed by atoms with Gasteiger partial charge in [0.15, 0.2) is 0 Å². The lowest BCUT2D eigenvalue weighted by Crippen LogP contribution is -2.37. The lowest BCUT2D eigenvalue weighted by Gasteiger charge is -2.24. The zero-order valence-corrected chi connectivity index (χ0v) is 10.9. The third-order valence-electron chi connectivity index (χ3n) is 4.08. The monoisotopic (exact) mass is 249 g/mol. The Hall–Kier alpha value is -1.36. The number of hydrogen-bond acceptors (Lipinski definition) is 4. The molecule has 3 rings (SSSR count). The highest BCUT2D eigenvalue weighted by atomic mass is 16.5. The average molecular weight is 249 g/mol. The van der Waals surface area contributed by atoms with Gasteiger partial charge in [-0.1, -0.05) is 5.16 Å². The minimum atomic E-state index is 0.245. The van der Waals surface area contributed by atoms with E-state index in [4.69, 9.17) is 4.52 Å². The van der Waals surface area contributed by atoms with Crippen LogP contribution in [0.25, 0.3) is 0 Å². The summed E-state index contributed by atoms with van der Waals surface area (Å²) in [5, 5.41) is 7.47. The van der Waals surface area contributed by atoms with E-state index in [-0.39, 0.29) is 5.91 Å². The maximum absolute atomic E-state index is 12.2. The molecule has 18 heavy (non-hydrogen) atoms. The second kappa shape index (κ2) is 4.39. The highest BCUT2D eigenvalue weighted by molar-refractivity contribution is 5.77.